The second kappa shape index (κ2) is 7.79. The third-order valence-electron chi connectivity index (χ3n) is 6.11. The quantitative estimate of drug-likeness (QED) is 0.850. The number of ether oxygens (including phenoxy) is 1. The Morgan fingerprint density at radius 2 is 1.79 bits per heavy atom. The van der Waals surface area contributed by atoms with Crippen molar-refractivity contribution in [2.75, 3.05) is 31.2 Å². The van der Waals surface area contributed by atoms with Gasteiger partial charge in [0.25, 0.3) is 5.89 Å². The van der Waals surface area contributed by atoms with Crippen molar-refractivity contribution in [2.45, 2.75) is 63.5 Å². The highest BCUT2D eigenvalue weighted by molar-refractivity contribution is 5.70. The summed E-state index contributed by atoms with van der Waals surface area (Å²) in [5.41, 5.74) is 2.08. The first kappa shape index (κ1) is 18.1. The van der Waals surface area contributed by atoms with E-state index < -0.39 is 0 Å². The van der Waals surface area contributed by atoms with Crippen molar-refractivity contribution < 1.29 is 9.26 Å². The molecule has 7 heteroatoms. The number of piperidine rings is 1. The van der Waals surface area contributed by atoms with Gasteiger partial charge >= 0.3 is 0 Å². The number of hydrogen-bond acceptors (Lipinski definition) is 7. The standard InChI is InChI=1S/C21H29N5O2/c1-14-12-18(21-24-19(25-28-21)15-2-3-15)20(22-13-14)26-8-4-16(5-9-26)23-17-6-10-27-11-7-17/h12-13,15-17,23H,2-11H2,1H3. The minimum atomic E-state index is 0.491. The minimum absolute atomic E-state index is 0.491. The Morgan fingerprint density at radius 1 is 1.04 bits per heavy atom. The molecule has 28 heavy (non-hydrogen) atoms. The number of pyridine rings is 1. The topological polar surface area (TPSA) is 76.3 Å². The maximum Gasteiger partial charge on any atom is 0.261 e. The van der Waals surface area contributed by atoms with E-state index in [1.54, 1.807) is 0 Å². The van der Waals surface area contributed by atoms with Gasteiger partial charge < -0.3 is 19.5 Å². The lowest BCUT2D eigenvalue weighted by molar-refractivity contribution is 0.0738. The number of nitrogens with zero attached hydrogens (tertiary/aromatic N) is 4. The molecule has 7 nitrogen and oxygen atoms in total. The van der Waals surface area contributed by atoms with Gasteiger partial charge in [-0.15, -0.1) is 0 Å². The third kappa shape index (κ3) is 3.91. The fourth-order valence-corrected chi connectivity index (χ4v) is 4.28. The van der Waals surface area contributed by atoms with Gasteiger partial charge in [0, 0.05) is 50.5 Å². The first-order valence-electron chi connectivity index (χ1n) is 10.7. The Kier molecular flexibility index (Phi) is 5.03. The van der Waals surface area contributed by atoms with Crippen molar-refractivity contribution in [1.82, 2.24) is 20.4 Å². The minimum Gasteiger partial charge on any atom is -0.381 e. The van der Waals surface area contributed by atoms with E-state index in [0.717, 1.165) is 74.8 Å². The van der Waals surface area contributed by atoms with Crippen LogP contribution < -0.4 is 10.2 Å². The summed E-state index contributed by atoms with van der Waals surface area (Å²) in [6.45, 7) is 5.82. The summed E-state index contributed by atoms with van der Waals surface area (Å²) in [6.07, 6.45) is 8.79. The summed E-state index contributed by atoms with van der Waals surface area (Å²) in [7, 11) is 0. The van der Waals surface area contributed by atoms with Gasteiger partial charge in [-0.3, -0.25) is 0 Å². The van der Waals surface area contributed by atoms with Crippen LogP contribution in [0.15, 0.2) is 16.8 Å². The number of aromatic nitrogens is 3. The zero-order valence-corrected chi connectivity index (χ0v) is 16.6. The van der Waals surface area contributed by atoms with Gasteiger partial charge in [-0.25, -0.2) is 4.98 Å². The predicted molar refractivity (Wildman–Crippen MR) is 106 cm³/mol. The highest BCUT2D eigenvalue weighted by atomic mass is 16.5. The maximum atomic E-state index is 5.61. The van der Waals surface area contributed by atoms with E-state index in [4.69, 9.17) is 14.2 Å². The molecule has 2 aromatic heterocycles. The normalized spacial score (nSPS) is 22.0. The smallest absolute Gasteiger partial charge is 0.261 e. The molecule has 2 aliphatic heterocycles. The first-order valence-corrected chi connectivity index (χ1v) is 10.7. The number of rotatable bonds is 5. The van der Waals surface area contributed by atoms with Crippen molar-refractivity contribution in [1.29, 1.82) is 0 Å². The van der Waals surface area contributed by atoms with Crippen molar-refractivity contribution in [3.05, 3.63) is 23.7 Å². The summed E-state index contributed by atoms with van der Waals surface area (Å²) in [5.74, 6) is 2.92. The fourth-order valence-electron chi connectivity index (χ4n) is 4.28. The maximum absolute atomic E-state index is 5.61. The average Bonchev–Trinajstić information content (AvgIpc) is 3.46. The molecule has 1 saturated carbocycles. The van der Waals surface area contributed by atoms with Crippen molar-refractivity contribution in [2.24, 2.45) is 0 Å². The summed E-state index contributed by atoms with van der Waals surface area (Å²) in [4.78, 5) is 11.8. The lowest BCUT2D eigenvalue weighted by Gasteiger charge is -2.36. The van der Waals surface area contributed by atoms with Crippen molar-refractivity contribution >= 4 is 5.82 Å². The van der Waals surface area contributed by atoms with Crippen LogP contribution in [0.4, 0.5) is 5.82 Å². The second-order valence-electron chi connectivity index (χ2n) is 8.43. The third-order valence-corrected chi connectivity index (χ3v) is 6.11. The predicted octanol–water partition coefficient (Wildman–Crippen LogP) is 3.05. The molecule has 0 spiro atoms. The molecule has 0 atom stereocenters. The second-order valence-corrected chi connectivity index (χ2v) is 8.43. The van der Waals surface area contributed by atoms with Gasteiger partial charge in [-0.2, -0.15) is 4.98 Å². The van der Waals surface area contributed by atoms with Crippen molar-refractivity contribution in [3.63, 3.8) is 0 Å². The van der Waals surface area contributed by atoms with E-state index in [1.807, 2.05) is 6.20 Å². The van der Waals surface area contributed by atoms with E-state index >= 15 is 0 Å². The van der Waals surface area contributed by atoms with Crippen LogP contribution in [0.1, 0.15) is 55.8 Å². The van der Waals surface area contributed by atoms with E-state index in [1.165, 1.54) is 12.8 Å². The lowest BCUT2D eigenvalue weighted by atomic mass is 10.0. The Labute approximate surface area is 165 Å². The number of hydrogen-bond donors (Lipinski definition) is 1. The van der Waals surface area contributed by atoms with E-state index in [2.05, 4.69) is 33.3 Å². The number of anilines is 1. The molecule has 5 rings (SSSR count). The van der Waals surface area contributed by atoms with E-state index in [0.29, 0.717) is 23.9 Å². The first-order chi connectivity index (χ1) is 13.8. The van der Waals surface area contributed by atoms with Crippen LogP contribution >= 0.6 is 0 Å². The molecule has 2 aromatic rings. The molecule has 0 amide bonds. The zero-order chi connectivity index (χ0) is 18.9. The highest BCUT2D eigenvalue weighted by Gasteiger charge is 2.30. The van der Waals surface area contributed by atoms with Crippen LogP contribution in [-0.2, 0) is 4.74 Å². The van der Waals surface area contributed by atoms with Crippen LogP contribution in [0, 0.1) is 6.92 Å². The molecular formula is C21H29N5O2. The summed E-state index contributed by atoms with van der Waals surface area (Å²) in [5, 5.41) is 8.03. The molecular weight excluding hydrogens is 354 g/mol. The van der Waals surface area contributed by atoms with E-state index in [9.17, 15) is 0 Å². The SMILES string of the molecule is Cc1cnc(N2CCC(NC3CCOCC3)CC2)c(-c2nc(C3CC3)no2)c1. The van der Waals surface area contributed by atoms with Crippen LogP contribution in [0.2, 0.25) is 0 Å². The molecule has 0 aromatic carbocycles. The molecule has 4 heterocycles. The van der Waals surface area contributed by atoms with E-state index in [-0.39, 0.29) is 0 Å². The van der Waals surface area contributed by atoms with Gasteiger partial charge in [0.1, 0.15) is 5.82 Å². The summed E-state index contributed by atoms with van der Waals surface area (Å²) >= 11 is 0. The van der Waals surface area contributed by atoms with Crippen LogP contribution in [0.5, 0.6) is 0 Å². The Morgan fingerprint density at radius 3 is 2.54 bits per heavy atom. The molecule has 1 aliphatic carbocycles. The molecule has 1 N–H and O–H groups in total. The average molecular weight is 383 g/mol. The van der Waals surface area contributed by atoms with Gasteiger partial charge in [-0.05, 0) is 57.1 Å². The largest absolute Gasteiger partial charge is 0.381 e. The zero-order valence-electron chi connectivity index (χ0n) is 16.6. The van der Waals surface area contributed by atoms with Gasteiger partial charge in [0.2, 0.25) is 0 Å². The Bertz CT molecular complexity index is 805. The summed E-state index contributed by atoms with van der Waals surface area (Å²) < 4.78 is 11.1. The monoisotopic (exact) mass is 383 g/mol. The van der Waals surface area contributed by atoms with Gasteiger partial charge in [0.15, 0.2) is 5.82 Å². The number of aryl methyl sites for hydroxylation is 1. The van der Waals surface area contributed by atoms with Gasteiger partial charge in [0.05, 0.1) is 5.56 Å². The van der Waals surface area contributed by atoms with Crippen LogP contribution in [-0.4, -0.2) is 53.5 Å². The molecule has 0 bridgehead atoms. The molecule has 0 radical (unpaired) electrons. The lowest BCUT2D eigenvalue weighted by Crippen LogP contribution is -2.48. The highest BCUT2D eigenvalue weighted by Crippen LogP contribution is 2.39. The number of nitrogens with one attached hydrogen (secondary N) is 1. The molecule has 0 unspecified atom stereocenters. The van der Waals surface area contributed by atoms with Gasteiger partial charge in [-0.1, -0.05) is 5.16 Å². The molecule has 2 saturated heterocycles. The van der Waals surface area contributed by atoms with Crippen molar-refractivity contribution in [3.8, 4) is 11.5 Å². The molecule has 3 fully saturated rings. The Hall–Kier alpha value is -1.99. The molecule has 150 valence electrons. The van der Waals surface area contributed by atoms with Crippen LogP contribution in [0.25, 0.3) is 11.5 Å². The fraction of sp³-hybridized carbons (Fsp3) is 0.667. The summed E-state index contributed by atoms with van der Waals surface area (Å²) in [6, 6.07) is 3.31. The van der Waals surface area contributed by atoms with Crippen LogP contribution in [0.3, 0.4) is 0 Å². The Balaban J connectivity index is 1.28. The molecule has 3 aliphatic rings.